The van der Waals surface area contributed by atoms with Crippen molar-refractivity contribution in [2.75, 3.05) is 12.3 Å². The molecule has 1 N–H and O–H groups in total. The van der Waals surface area contributed by atoms with Gasteiger partial charge in [-0.05, 0) is 41.8 Å². The number of furan rings is 1. The monoisotopic (exact) mass is 467 g/mol. The van der Waals surface area contributed by atoms with Gasteiger partial charge < -0.3 is 9.73 Å². The molecule has 8 heteroatoms. The van der Waals surface area contributed by atoms with Crippen LogP contribution in [-0.4, -0.2) is 27.8 Å². The molecule has 1 atom stereocenters. The molecule has 32 heavy (non-hydrogen) atoms. The predicted octanol–water partition coefficient (Wildman–Crippen LogP) is 4.70. The molecular weight excluding hydrogens is 446 g/mol. The molecule has 0 spiro atoms. The first-order valence-corrected chi connectivity index (χ1v) is 11.5. The minimum atomic E-state index is -0.205. The van der Waals surface area contributed by atoms with E-state index in [4.69, 9.17) is 16.0 Å². The number of carbonyl (C=O) groups excluding carboxylic acids is 1. The van der Waals surface area contributed by atoms with Crippen LogP contribution in [0.25, 0.3) is 10.9 Å². The minimum Gasteiger partial charge on any atom is -0.467 e. The van der Waals surface area contributed by atoms with Gasteiger partial charge in [0.25, 0.3) is 5.56 Å². The van der Waals surface area contributed by atoms with Crippen molar-refractivity contribution in [3.8, 4) is 0 Å². The molecule has 0 saturated carbocycles. The Balaban J connectivity index is 1.50. The summed E-state index contributed by atoms with van der Waals surface area (Å²) in [4.78, 5) is 30.2. The van der Waals surface area contributed by atoms with E-state index in [-0.39, 0.29) is 29.7 Å². The van der Waals surface area contributed by atoms with Crippen molar-refractivity contribution >= 4 is 40.2 Å². The van der Waals surface area contributed by atoms with Gasteiger partial charge in [0.05, 0.1) is 29.5 Å². The molecule has 2 aromatic heterocycles. The third-order valence-corrected chi connectivity index (χ3v) is 6.29. The largest absolute Gasteiger partial charge is 0.467 e. The summed E-state index contributed by atoms with van der Waals surface area (Å²) in [6.07, 6.45) is 1.56. The van der Waals surface area contributed by atoms with Crippen LogP contribution in [0.5, 0.6) is 0 Å². The SMILES string of the molecule is CC(CNC(=O)CSc1nc2cc(Cl)ccc2c(=O)n1Cc1ccco1)c1ccccc1. The molecule has 4 rings (SSSR count). The summed E-state index contributed by atoms with van der Waals surface area (Å²) in [5.74, 6) is 0.842. The molecule has 6 nitrogen and oxygen atoms in total. The fourth-order valence-electron chi connectivity index (χ4n) is 3.33. The van der Waals surface area contributed by atoms with E-state index in [2.05, 4.69) is 17.2 Å². The van der Waals surface area contributed by atoms with Crippen molar-refractivity contribution < 1.29 is 9.21 Å². The van der Waals surface area contributed by atoms with Crippen LogP contribution in [0.15, 0.2) is 81.3 Å². The second-order valence-electron chi connectivity index (χ2n) is 7.43. The lowest BCUT2D eigenvalue weighted by atomic mass is 10.0. The maximum absolute atomic E-state index is 13.1. The lowest BCUT2D eigenvalue weighted by Crippen LogP contribution is -2.30. The zero-order valence-corrected chi connectivity index (χ0v) is 19.0. The topological polar surface area (TPSA) is 77.1 Å². The van der Waals surface area contributed by atoms with Crippen LogP contribution in [0.1, 0.15) is 24.2 Å². The quantitative estimate of drug-likeness (QED) is 0.300. The van der Waals surface area contributed by atoms with Gasteiger partial charge in [-0.25, -0.2) is 4.98 Å². The first-order chi connectivity index (χ1) is 15.5. The van der Waals surface area contributed by atoms with Crippen LogP contribution in [0.3, 0.4) is 0 Å². The molecule has 0 bridgehead atoms. The number of hydrogen-bond donors (Lipinski definition) is 1. The van der Waals surface area contributed by atoms with Gasteiger partial charge in [-0.3, -0.25) is 14.2 Å². The molecule has 0 fully saturated rings. The summed E-state index contributed by atoms with van der Waals surface area (Å²) >= 11 is 7.31. The average molecular weight is 468 g/mol. The summed E-state index contributed by atoms with van der Waals surface area (Å²) in [6, 6.07) is 18.6. The third kappa shape index (κ3) is 5.23. The van der Waals surface area contributed by atoms with Crippen molar-refractivity contribution in [2.24, 2.45) is 0 Å². The maximum Gasteiger partial charge on any atom is 0.262 e. The molecule has 2 aromatic carbocycles. The molecule has 0 aliphatic carbocycles. The lowest BCUT2D eigenvalue weighted by Gasteiger charge is -2.14. The van der Waals surface area contributed by atoms with Gasteiger partial charge >= 0.3 is 0 Å². The third-order valence-electron chi connectivity index (χ3n) is 5.08. The summed E-state index contributed by atoms with van der Waals surface area (Å²) in [7, 11) is 0. The van der Waals surface area contributed by atoms with Crippen LogP contribution in [0.4, 0.5) is 0 Å². The average Bonchev–Trinajstić information content (AvgIpc) is 3.32. The Morgan fingerprint density at radius 1 is 1.19 bits per heavy atom. The highest BCUT2D eigenvalue weighted by Crippen LogP contribution is 2.21. The molecule has 1 amide bonds. The normalized spacial score (nSPS) is 12.1. The van der Waals surface area contributed by atoms with Gasteiger partial charge in [0.2, 0.25) is 5.91 Å². The smallest absolute Gasteiger partial charge is 0.262 e. The second kappa shape index (κ2) is 10.1. The Bertz CT molecular complexity index is 1270. The Kier molecular flexibility index (Phi) is 6.97. The van der Waals surface area contributed by atoms with Crippen LogP contribution in [-0.2, 0) is 11.3 Å². The Hall–Kier alpha value is -3.03. The van der Waals surface area contributed by atoms with E-state index in [1.54, 1.807) is 36.6 Å². The number of carbonyl (C=O) groups is 1. The number of hydrogen-bond acceptors (Lipinski definition) is 5. The van der Waals surface area contributed by atoms with Crippen LogP contribution < -0.4 is 10.9 Å². The Morgan fingerprint density at radius 2 is 2.00 bits per heavy atom. The maximum atomic E-state index is 13.1. The van der Waals surface area contributed by atoms with E-state index in [1.807, 2.05) is 30.3 Å². The molecule has 1 unspecified atom stereocenters. The molecule has 4 aromatic rings. The highest BCUT2D eigenvalue weighted by Gasteiger charge is 2.15. The Labute approximate surface area is 194 Å². The van der Waals surface area contributed by atoms with E-state index in [0.717, 1.165) is 0 Å². The van der Waals surface area contributed by atoms with Crippen LogP contribution in [0, 0.1) is 0 Å². The van der Waals surface area contributed by atoms with Gasteiger partial charge in [0, 0.05) is 11.6 Å². The zero-order valence-electron chi connectivity index (χ0n) is 17.5. The molecular formula is C24H22ClN3O3S. The van der Waals surface area contributed by atoms with Crippen molar-refractivity contribution in [2.45, 2.75) is 24.5 Å². The number of nitrogens with one attached hydrogen (secondary N) is 1. The number of benzene rings is 2. The number of rotatable bonds is 8. The predicted molar refractivity (Wildman–Crippen MR) is 127 cm³/mol. The van der Waals surface area contributed by atoms with E-state index in [9.17, 15) is 9.59 Å². The number of amides is 1. The van der Waals surface area contributed by atoms with Crippen LogP contribution in [0.2, 0.25) is 5.02 Å². The van der Waals surface area contributed by atoms with Crippen LogP contribution >= 0.6 is 23.4 Å². The van der Waals surface area contributed by atoms with Crippen molar-refractivity contribution in [3.05, 3.63) is 93.6 Å². The fourth-order valence-corrected chi connectivity index (χ4v) is 4.32. The van der Waals surface area contributed by atoms with Gasteiger partial charge in [-0.15, -0.1) is 0 Å². The van der Waals surface area contributed by atoms with E-state index in [1.165, 1.54) is 21.9 Å². The van der Waals surface area contributed by atoms with Gasteiger partial charge in [-0.1, -0.05) is 60.6 Å². The number of halogens is 1. The van der Waals surface area contributed by atoms with E-state index >= 15 is 0 Å². The van der Waals surface area contributed by atoms with E-state index in [0.29, 0.717) is 33.4 Å². The number of thioether (sulfide) groups is 1. The number of nitrogens with zero attached hydrogens (tertiary/aromatic N) is 2. The zero-order chi connectivity index (χ0) is 22.5. The van der Waals surface area contributed by atoms with Gasteiger partial charge in [0.15, 0.2) is 5.16 Å². The van der Waals surface area contributed by atoms with E-state index < -0.39 is 0 Å². The molecule has 164 valence electrons. The molecule has 0 radical (unpaired) electrons. The molecule has 0 saturated heterocycles. The summed E-state index contributed by atoms with van der Waals surface area (Å²) in [5, 5.41) is 4.36. The lowest BCUT2D eigenvalue weighted by molar-refractivity contribution is -0.118. The summed E-state index contributed by atoms with van der Waals surface area (Å²) < 4.78 is 6.94. The fraction of sp³-hybridized carbons (Fsp3) is 0.208. The first-order valence-electron chi connectivity index (χ1n) is 10.2. The van der Waals surface area contributed by atoms with Crippen molar-refractivity contribution in [3.63, 3.8) is 0 Å². The number of fused-ring (bicyclic) bond motifs is 1. The molecule has 2 heterocycles. The molecule has 0 aliphatic heterocycles. The Morgan fingerprint density at radius 3 is 2.75 bits per heavy atom. The van der Waals surface area contributed by atoms with Gasteiger partial charge in [0.1, 0.15) is 5.76 Å². The summed E-state index contributed by atoms with van der Waals surface area (Å²) in [6.45, 7) is 2.83. The van der Waals surface area contributed by atoms with Crippen molar-refractivity contribution in [1.82, 2.24) is 14.9 Å². The summed E-state index contributed by atoms with van der Waals surface area (Å²) in [5.41, 5.74) is 1.46. The number of aromatic nitrogens is 2. The minimum absolute atomic E-state index is 0.122. The highest BCUT2D eigenvalue weighted by molar-refractivity contribution is 7.99. The highest BCUT2D eigenvalue weighted by atomic mass is 35.5. The second-order valence-corrected chi connectivity index (χ2v) is 8.81. The van der Waals surface area contributed by atoms with Gasteiger partial charge in [-0.2, -0.15) is 0 Å². The molecule has 0 aliphatic rings. The standard InChI is InChI=1S/C24H22ClN3O3S/c1-16(17-6-3-2-4-7-17)13-26-22(29)15-32-24-27-21-12-18(25)9-10-20(21)23(30)28(24)14-19-8-5-11-31-19/h2-12,16H,13-15H2,1H3,(H,26,29). The first kappa shape index (κ1) is 22.2. The van der Waals surface area contributed by atoms with Crippen molar-refractivity contribution in [1.29, 1.82) is 0 Å².